The van der Waals surface area contributed by atoms with Crippen molar-refractivity contribution < 1.29 is 23.1 Å². The van der Waals surface area contributed by atoms with Crippen LogP contribution in [0.15, 0.2) is 0 Å². The molecule has 1 aliphatic rings. The first kappa shape index (κ1) is 15.9. The lowest BCUT2D eigenvalue weighted by molar-refractivity contribution is -0.138. The van der Waals surface area contributed by atoms with Gasteiger partial charge in [0.15, 0.2) is 9.84 Å². The van der Waals surface area contributed by atoms with Crippen LogP contribution in [0.5, 0.6) is 0 Å². The molecule has 0 bridgehead atoms. The van der Waals surface area contributed by atoms with Crippen molar-refractivity contribution in [1.29, 1.82) is 0 Å². The molecule has 1 saturated heterocycles. The summed E-state index contributed by atoms with van der Waals surface area (Å²) in [5, 5.41) is 11.5. The van der Waals surface area contributed by atoms with Crippen molar-refractivity contribution in [2.45, 2.75) is 25.8 Å². The molecule has 0 spiro atoms. The van der Waals surface area contributed by atoms with Gasteiger partial charge >= 0.3 is 5.97 Å². The number of sulfone groups is 1. The maximum Gasteiger partial charge on any atom is 0.304 e. The topological polar surface area (TPSA) is 104 Å². The quantitative estimate of drug-likeness (QED) is 0.656. The molecule has 0 aromatic heterocycles. The van der Waals surface area contributed by atoms with Gasteiger partial charge in [0.1, 0.15) is 0 Å². The van der Waals surface area contributed by atoms with Crippen molar-refractivity contribution in [2.75, 3.05) is 31.1 Å². The molecular formula is C11H20N2O5S. The summed E-state index contributed by atoms with van der Waals surface area (Å²) in [4.78, 5) is 23.9. The summed E-state index contributed by atoms with van der Waals surface area (Å²) in [6.45, 7) is 3.04. The van der Waals surface area contributed by atoms with Gasteiger partial charge < -0.3 is 10.4 Å². The van der Waals surface area contributed by atoms with Gasteiger partial charge in [0.2, 0.25) is 5.91 Å². The Labute approximate surface area is 112 Å². The Hall–Kier alpha value is -1.15. The monoisotopic (exact) mass is 292 g/mol. The Kier molecular flexibility index (Phi) is 5.74. The Morgan fingerprint density at radius 1 is 1.42 bits per heavy atom. The third-order valence-corrected chi connectivity index (χ3v) is 4.76. The van der Waals surface area contributed by atoms with Crippen molar-refractivity contribution in [3.8, 4) is 0 Å². The molecule has 110 valence electrons. The van der Waals surface area contributed by atoms with Crippen LogP contribution in [0, 0.1) is 0 Å². The number of hydrogen-bond acceptors (Lipinski definition) is 5. The summed E-state index contributed by atoms with van der Waals surface area (Å²) < 4.78 is 23.1. The summed E-state index contributed by atoms with van der Waals surface area (Å²) in [5.74, 6) is -1.25. The van der Waals surface area contributed by atoms with Crippen LogP contribution in [-0.4, -0.2) is 67.5 Å². The molecule has 1 atom stereocenters. The maximum atomic E-state index is 11.5. The van der Waals surface area contributed by atoms with E-state index in [1.807, 2.05) is 6.92 Å². The molecule has 1 aliphatic heterocycles. The van der Waals surface area contributed by atoms with Crippen LogP contribution in [-0.2, 0) is 19.4 Å². The van der Waals surface area contributed by atoms with E-state index in [1.54, 1.807) is 4.90 Å². The van der Waals surface area contributed by atoms with E-state index in [0.29, 0.717) is 19.6 Å². The van der Waals surface area contributed by atoms with Gasteiger partial charge in [0.05, 0.1) is 17.9 Å². The molecule has 0 aliphatic carbocycles. The highest BCUT2D eigenvalue weighted by atomic mass is 32.2. The normalized spacial score (nSPS) is 22.9. The van der Waals surface area contributed by atoms with Gasteiger partial charge in [0, 0.05) is 32.1 Å². The molecule has 8 heteroatoms. The second-order valence-electron chi connectivity index (χ2n) is 4.61. The SMILES string of the molecule is CCNC(=O)CCN1CCS(=O)(=O)CC1CC(=O)O. The van der Waals surface area contributed by atoms with Gasteiger partial charge in [-0.25, -0.2) is 8.42 Å². The van der Waals surface area contributed by atoms with E-state index in [1.165, 1.54) is 0 Å². The predicted molar refractivity (Wildman–Crippen MR) is 69.6 cm³/mol. The van der Waals surface area contributed by atoms with Gasteiger partial charge in [-0.3, -0.25) is 14.5 Å². The van der Waals surface area contributed by atoms with Crippen molar-refractivity contribution in [3.05, 3.63) is 0 Å². The minimum absolute atomic E-state index is 0.0263. The number of carbonyl (C=O) groups is 2. The Bertz CT molecular complexity index is 434. The average molecular weight is 292 g/mol. The molecule has 1 heterocycles. The standard InChI is InChI=1S/C11H20N2O5S/c1-2-12-10(14)3-4-13-5-6-19(17,18)8-9(13)7-11(15)16/h9H,2-8H2,1H3,(H,12,14)(H,15,16). The number of nitrogens with one attached hydrogen (secondary N) is 1. The van der Waals surface area contributed by atoms with E-state index in [0.717, 1.165) is 0 Å². The zero-order chi connectivity index (χ0) is 14.5. The lowest BCUT2D eigenvalue weighted by atomic mass is 10.2. The Morgan fingerprint density at radius 3 is 2.68 bits per heavy atom. The van der Waals surface area contributed by atoms with Gasteiger partial charge in [0.25, 0.3) is 0 Å². The third-order valence-electron chi connectivity index (χ3n) is 3.06. The molecular weight excluding hydrogens is 272 g/mol. The van der Waals surface area contributed by atoms with Crippen molar-refractivity contribution >= 4 is 21.7 Å². The fourth-order valence-electron chi connectivity index (χ4n) is 2.14. The second-order valence-corrected chi connectivity index (χ2v) is 6.83. The number of carboxylic acids is 1. The summed E-state index contributed by atoms with van der Waals surface area (Å²) in [6, 6.07) is -0.536. The minimum atomic E-state index is -3.16. The van der Waals surface area contributed by atoms with Crippen molar-refractivity contribution in [1.82, 2.24) is 10.2 Å². The molecule has 1 fully saturated rings. The number of amides is 1. The second kappa shape index (κ2) is 6.85. The van der Waals surface area contributed by atoms with Crippen LogP contribution in [0.1, 0.15) is 19.8 Å². The molecule has 0 saturated carbocycles. The highest BCUT2D eigenvalue weighted by Gasteiger charge is 2.32. The zero-order valence-electron chi connectivity index (χ0n) is 11.0. The highest BCUT2D eigenvalue weighted by molar-refractivity contribution is 7.91. The lowest BCUT2D eigenvalue weighted by Gasteiger charge is -2.34. The third kappa shape index (κ3) is 5.56. The maximum absolute atomic E-state index is 11.5. The minimum Gasteiger partial charge on any atom is -0.481 e. The molecule has 1 rings (SSSR count). The fraction of sp³-hybridized carbons (Fsp3) is 0.818. The summed E-state index contributed by atoms with van der Waals surface area (Å²) in [5.41, 5.74) is 0. The molecule has 1 amide bonds. The molecule has 2 N–H and O–H groups in total. The Morgan fingerprint density at radius 2 is 2.11 bits per heavy atom. The largest absolute Gasteiger partial charge is 0.481 e. The molecule has 0 aromatic carbocycles. The van der Waals surface area contributed by atoms with E-state index in [9.17, 15) is 18.0 Å². The van der Waals surface area contributed by atoms with Crippen LogP contribution in [0.25, 0.3) is 0 Å². The number of nitrogens with zero attached hydrogens (tertiary/aromatic N) is 1. The van der Waals surface area contributed by atoms with Crippen LogP contribution < -0.4 is 5.32 Å². The van der Waals surface area contributed by atoms with Gasteiger partial charge in [-0.1, -0.05) is 0 Å². The van der Waals surface area contributed by atoms with Gasteiger partial charge in [-0.15, -0.1) is 0 Å². The summed E-state index contributed by atoms with van der Waals surface area (Å²) in [6.07, 6.45) is 0.0403. The fourth-order valence-corrected chi connectivity index (χ4v) is 3.73. The summed E-state index contributed by atoms with van der Waals surface area (Å²) >= 11 is 0. The molecule has 0 aromatic rings. The van der Waals surface area contributed by atoms with E-state index in [2.05, 4.69) is 5.32 Å². The number of hydrogen-bond donors (Lipinski definition) is 2. The number of carbonyl (C=O) groups excluding carboxylic acids is 1. The van der Waals surface area contributed by atoms with Gasteiger partial charge in [-0.05, 0) is 6.92 Å². The molecule has 7 nitrogen and oxygen atoms in total. The smallest absolute Gasteiger partial charge is 0.304 e. The van der Waals surface area contributed by atoms with Crippen molar-refractivity contribution in [3.63, 3.8) is 0 Å². The number of rotatable bonds is 6. The van der Waals surface area contributed by atoms with Crippen molar-refractivity contribution in [2.24, 2.45) is 0 Å². The number of aliphatic carboxylic acids is 1. The average Bonchev–Trinajstić information content (AvgIpc) is 2.26. The van der Waals surface area contributed by atoms with Crippen LogP contribution >= 0.6 is 0 Å². The molecule has 1 unspecified atom stereocenters. The van der Waals surface area contributed by atoms with Crippen LogP contribution in [0.3, 0.4) is 0 Å². The lowest BCUT2D eigenvalue weighted by Crippen LogP contribution is -2.50. The van der Waals surface area contributed by atoms with E-state index in [-0.39, 0.29) is 30.3 Å². The van der Waals surface area contributed by atoms with Gasteiger partial charge in [-0.2, -0.15) is 0 Å². The first-order chi connectivity index (χ1) is 8.84. The highest BCUT2D eigenvalue weighted by Crippen LogP contribution is 2.15. The van der Waals surface area contributed by atoms with Crippen LogP contribution in [0.4, 0.5) is 0 Å². The first-order valence-corrected chi connectivity index (χ1v) is 8.09. The summed E-state index contributed by atoms with van der Waals surface area (Å²) in [7, 11) is -3.16. The van der Waals surface area contributed by atoms with E-state index >= 15 is 0 Å². The molecule has 0 radical (unpaired) electrons. The zero-order valence-corrected chi connectivity index (χ0v) is 11.8. The predicted octanol–water partition coefficient (Wildman–Crippen LogP) is -0.914. The van der Waals surface area contributed by atoms with E-state index in [4.69, 9.17) is 5.11 Å². The van der Waals surface area contributed by atoms with Crippen LogP contribution in [0.2, 0.25) is 0 Å². The Balaban J connectivity index is 2.58. The number of carboxylic acid groups (broad SMARTS) is 1. The van der Waals surface area contributed by atoms with E-state index < -0.39 is 21.8 Å². The first-order valence-electron chi connectivity index (χ1n) is 6.27. The molecule has 19 heavy (non-hydrogen) atoms.